The average molecular weight is 521 g/mol. The van der Waals surface area contributed by atoms with Crippen molar-refractivity contribution in [2.24, 2.45) is 0 Å². The van der Waals surface area contributed by atoms with E-state index in [0.29, 0.717) is 22.3 Å². The van der Waals surface area contributed by atoms with Gasteiger partial charge in [-0.1, -0.05) is 42.5 Å². The minimum absolute atomic E-state index is 0.0684. The molecule has 1 N–H and O–H groups in total. The largest absolute Gasteiger partial charge is 0.386 e. The molecule has 0 radical (unpaired) electrons. The Morgan fingerprint density at radius 2 is 1.67 bits per heavy atom. The molecule has 0 fully saturated rings. The van der Waals surface area contributed by atoms with E-state index >= 15 is 0 Å². The minimum Gasteiger partial charge on any atom is -0.386 e. The van der Waals surface area contributed by atoms with E-state index in [-0.39, 0.29) is 17.0 Å². The molecular weight excluding hydrogens is 499 g/mol. The van der Waals surface area contributed by atoms with Crippen molar-refractivity contribution in [1.82, 2.24) is 9.78 Å². The van der Waals surface area contributed by atoms with Crippen molar-refractivity contribution in [3.63, 3.8) is 0 Å². The molecule has 36 heavy (non-hydrogen) atoms. The molecule has 6 nitrogen and oxygen atoms in total. The van der Waals surface area contributed by atoms with Gasteiger partial charge < -0.3 is 5.11 Å². The summed E-state index contributed by atoms with van der Waals surface area (Å²) < 4.78 is 39.6. The van der Waals surface area contributed by atoms with Crippen molar-refractivity contribution >= 4 is 31.3 Å². The zero-order valence-electron chi connectivity index (χ0n) is 19.1. The number of hydrogen-bond donors (Lipinski definition) is 1. The summed E-state index contributed by atoms with van der Waals surface area (Å²) in [5.41, 5.74) is 2.08. The van der Waals surface area contributed by atoms with Gasteiger partial charge in [-0.05, 0) is 52.2 Å². The van der Waals surface area contributed by atoms with Gasteiger partial charge in [0.2, 0.25) is 0 Å². The minimum atomic E-state index is -3.38. The monoisotopic (exact) mass is 520 g/mol. The molecule has 0 saturated heterocycles. The number of halogens is 1. The third-order valence-electron chi connectivity index (χ3n) is 5.99. The van der Waals surface area contributed by atoms with Crippen LogP contribution in [0.1, 0.15) is 11.7 Å². The number of thiophene rings is 1. The Morgan fingerprint density at radius 3 is 2.36 bits per heavy atom. The van der Waals surface area contributed by atoms with Crippen LogP contribution < -0.4 is 5.56 Å². The molecule has 0 saturated carbocycles. The lowest BCUT2D eigenvalue weighted by molar-refractivity contribution is 0.151. The normalized spacial score (nSPS) is 12.6. The Hall–Kier alpha value is -3.66. The molecule has 1 atom stereocenters. The maximum Gasteiger partial charge on any atom is 0.275 e. The number of nitrogens with zero attached hydrogens (tertiary/aromatic N) is 2. The Balaban J connectivity index is 1.60. The molecule has 5 aromatic rings. The van der Waals surface area contributed by atoms with Crippen molar-refractivity contribution in [2.75, 3.05) is 6.26 Å². The number of benzene rings is 3. The van der Waals surface area contributed by atoms with Crippen molar-refractivity contribution in [2.45, 2.75) is 17.5 Å². The predicted molar refractivity (Wildman–Crippen MR) is 139 cm³/mol. The van der Waals surface area contributed by atoms with Crippen LogP contribution in [0.5, 0.6) is 0 Å². The van der Waals surface area contributed by atoms with E-state index in [0.717, 1.165) is 16.3 Å². The second-order valence-electron chi connectivity index (χ2n) is 8.43. The second-order valence-corrected chi connectivity index (χ2v) is 11.4. The molecule has 0 aliphatic heterocycles. The number of rotatable bonds is 6. The quantitative estimate of drug-likeness (QED) is 0.338. The van der Waals surface area contributed by atoms with Gasteiger partial charge in [-0.3, -0.25) is 4.79 Å². The Bertz CT molecular complexity index is 1720. The molecule has 0 spiro atoms. The van der Waals surface area contributed by atoms with Gasteiger partial charge in [0.1, 0.15) is 11.9 Å². The highest BCUT2D eigenvalue weighted by molar-refractivity contribution is 7.90. The summed E-state index contributed by atoms with van der Waals surface area (Å²) in [6.45, 7) is -0.0684. The Labute approximate surface area is 210 Å². The van der Waals surface area contributed by atoms with Crippen LogP contribution in [-0.4, -0.2) is 29.6 Å². The number of aromatic nitrogens is 2. The lowest BCUT2D eigenvalue weighted by Crippen LogP contribution is -2.27. The first-order chi connectivity index (χ1) is 17.2. The van der Waals surface area contributed by atoms with E-state index in [1.807, 2.05) is 29.6 Å². The van der Waals surface area contributed by atoms with Crippen molar-refractivity contribution in [1.29, 1.82) is 0 Å². The highest BCUT2D eigenvalue weighted by Crippen LogP contribution is 2.32. The van der Waals surface area contributed by atoms with Crippen LogP contribution in [0.15, 0.2) is 94.1 Å². The molecule has 9 heteroatoms. The van der Waals surface area contributed by atoms with Crippen LogP contribution >= 0.6 is 11.3 Å². The summed E-state index contributed by atoms with van der Waals surface area (Å²) >= 11 is 1.51. The summed E-state index contributed by atoms with van der Waals surface area (Å²) in [6.07, 6.45) is 1.66. The molecule has 3 aromatic carbocycles. The second kappa shape index (κ2) is 9.42. The summed E-state index contributed by atoms with van der Waals surface area (Å²) in [4.78, 5) is 13.8. The van der Waals surface area contributed by atoms with E-state index < -0.39 is 27.3 Å². The molecule has 0 bridgehead atoms. The molecule has 2 heterocycles. The van der Waals surface area contributed by atoms with Crippen LogP contribution in [0.25, 0.3) is 32.3 Å². The maximum atomic E-state index is 13.6. The fourth-order valence-corrected chi connectivity index (χ4v) is 5.77. The molecule has 5 rings (SSSR count). The number of fused-ring (bicyclic) bond motifs is 1. The van der Waals surface area contributed by atoms with Gasteiger partial charge >= 0.3 is 0 Å². The van der Waals surface area contributed by atoms with Crippen molar-refractivity contribution in [3.05, 3.63) is 106 Å². The zero-order chi connectivity index (χ0) is 25.4. The zero-order valence-corrected chi connectivity index (χ0v) is 20.8. The Morgan fingerprint density at radius 1 is 1.00 bits per heavy atom. The summed E-state index contributed by atoms with van der Waals surface area (Å²) in [6, 6.07) is 19.4. The highest BCUT2D eigenvalue weighted by atomic mass is 32.2. The fraction of sp³-hybridized carbons (Fsp3) is 0.111. The van der Waals surface area contributed by atoms with Crippen molar-refractivity contribution < 1.29 is 17.9 Å². The van der Waals surface area contributed by atoms with E-state index in [2.05, 4.69) is 5.10 Å². The first-order valence-corrected chi connectivity index (χ1v) is 13.8. The third kappa shape index (κ3) is 4.60. The van der Waals surface area contributed by atoms with Gasteiger partial charge in [0.05, 0.1) is 23.2 Å². The fourth-order valence-electron chi connectivity index (χ4n) is 4.13. The van der Waals surface area contributed by atoms with Gasteiger partial charge in [0, 0.05) is 22.1 Å². The van der Waals surface area contributed by atoms with Gasteiger partial charge in [-0.15, -0.1) is 11.3 Å². The standard InChI is InChI=1S/C27H21FN2O4S2/c1-36(33,34)20-12-8-17(9-13-20)22-14-29-30(27(32)26(22)18-6-10-19(28)11-7-18)15-24(31)23-16-35-25-5-3-2-4-21(23)25/h2-14,16,24,31H,15H2,1H3. The summed E-state index contributed by atoms with van der Waals surface area (Å²) in [7, 11) is -3.38. The first-order valence-electron chi connectivity index (χ1n) is 11.0. The predicted octanol–water partition coefficient (Wildman–Crippen LogP) is 5.07. The lowest BCUT2D eigenvalue weighted by atomic mass is 9.97. The van der Waals surface area contributed by atoms with Crippen LogP contribution in [-0.2, 0) is 16.4 Å². The molecular formula is C27H21FN2O4S2. The molecule has 2 aromatic heterocycles. The molecule has 0 aliphatic rings. The van der Waals surface area contributed by atoms with Gasteiger partial charge in [-0.2, -0.15) is 5.10 Å². The Kier molecular flexibility index (Phi) is 6.29. The number of aliphatic hydroxyl groups excluding tert-OH is 1. The molecule has 0 amide bonds. The first kappa shape index (κ1) is 24.1. The van der Waals surface area contributed by atoms with E-state index in [1.165, 1.54) is 58.6 Å². The summed E-state index contributed by atoms with van der Waals surface area (Å²) in [5, 5.41) is 18.1. The summed E-state index contributed by atoms with van der Waals surface area (Å²) in [5.74, 6) is -0.438. The molecule has 1 unspecified atom stereocenters. The molecule has 182 valence electrons. The molecule has 0 aliphatic carbocycles. The lowest BCUT2D eigenvalue weighted by Gasteiger charge is -2.15. The smallest absolute Gasteiger partial charge is 0.275 e. The van der Waals surface area contributed by atoms with Crippen LogP contribution in [0.2, 0.25) is 0 Å². The number of hydrogen-bond acceptors (Lipinski definition) is 6. The third-order valence-corrected chi connectivity index (χ3v) is 8.10. The SMILES string of the molecule is CS(=O)(=O)c1ccc(-c2cnn(CC(O)c3csc4ccccc34)c(=O)c2-c2ccc(F)cc2)cc1. The van der Waals surface area contributed by atoms with E-state index in [4.69, 9.17) is 0 Å². The van der Waals surface area contributed by atoms with Gasteiger partial charge in [0.25, 0.3) is 5.56 Å². The number of sulfone groups is 1. The van der Waals surface area contributed by atoms with E-state index in [1.54, 1.807) is 12.1 Å². The maximum absolute atomic E-state index is 13.6. The van der Waals surface area contributed by atoms with Crippen LogP contribution in [0, 0.1) is 5.82 Å². The number of aliphatic hydroxyl groups is 1. The average Bonchev–Trinajstić information content (AvgIpc) is 3.30. The van der Waals surface area contributed by atoms with E-state index in [9.17, 15) is 22.7 Å². The van der Waals surface area contributed by atoms with Gasteiger partial charge in [-0.25, -0.2) is 17.5 Å². The van der Waals surface area contributed by atoms with Crippen LogP contribution in [0.4, 0.5) is 4.39 Å². The van der Waals surface area contributed by atoms with Crippen LogP contribution in [0.3, 0.4) is 0 Å². The van der Waals surface area contributed by atoms with Crippen molar-refractivity contribution in [3.8, 4) is 22.3 Å². The topological polar surface area (TPSA) is 89.3 Å². The highest BCUT2D eigenvalue weighted by Gasteiger charge is 2.20. The van der Waals surface area contributed by atoms with Gasteiger partial charge in [0.15, 0.2) is 9.84 Å².